The van der Waals surface area contributed by atoms with Crippen molar-refractivity contribution < 1.29 is 18.7 Å². The lowest BCUT2D eigenvalue weighted by atomic mass is 10.1. The fourth-order valence-electron chi connectivity index (χ4n) is 3.82. The van der Waals surface area contributed by atoms with Gasteiger partial charge in [-0.3, -0.25) is 9.78 Å². The van der Waals surface area contributed by atoms with E-state index in [2.05, 4.69) is 4.98 Å². The zero-order chi connectivity index (χ0) is 17.1. The fraction of sp³-hybridized carbons (Fsp3) is 0.474. The number of aromatic nitrogens is 1. The summed E-state index contributed by atoms with van der Waals surface area (Å²) < 4.78 is 16.8. The normalized spacial score (nSPS) is 25.8. The highest BCUT2D eigenvalue weighted by Crippen LogP contribution is 2.35. The Kier molecular flexibility index (Phi) is 4.81. The second kappa shape index (κ2) is 7.37. The molecule has 2 aromatic rings. The van der Waals surface area contributed by atoms with E-state index in [0.717, 1.165) is 18.4 Å². The molecule has 0 spiro atoms. The van der Waals surface area contributed by atoms with Crippen LogP contribution < -0.4 is 0 Å². The Labute approximate surface area is 146 Å². The molecule has 6 heteroatoms. The van der Waals surface area contributed by atoms with E-state index >= 15 is 0 Å². The van der Waals surface area contributed by atoms with Gasteiger partial charge < -0.3 is 18.8 Å². The number of nitrogens with zero attached hydrogens (tertiary/aromatic N) is 2. The van der Waals surface area contributed by atoms with E-state index in [0.29, 0.717) is 37.8 Å². The average molecular weight is 342 g/mol. The number of morpholine rings is 1. The molecule has 4 rings (SSSR count). The molecule has 1 saturated heterocycles. The first-order valence-corrected chi connectivity index (χ1v) is 8.72. The molecule has 1 aliphatic heterocycles. The summed E-state index contributed by atoms with van der Waals surface area (Å²) >= 11 is 0. The Morgan fingerprint density at radius 1 is 1.36 bits per heavy atom. The number of carbonyl (C=O) groups is 1. The first kappa shape index (κ1) is 16.3. The van der Waals surface area contributed by atoms with Crippen LogP contribution in [0, 0.1) is 5.92 Å². The van der Waals surface area contributed by atoms with Crippen LogP contribution in [0.25, 0.3) is 0 Å². The van der Waals surface area contributed by atoms with Gasteiger partial charge in [-0.2, -0.15) is 0 Å². The monoisotopic (exact) mass is 342 g/mol. The smallest absolute Gasteiger partial charge is 0.257 e. The molecule has 1 aliphatic carbocycles. The number of hydrogen-bond acceptors (Lipinski definition) is 5. The Morgan fingerprint density at radius 3 is 3.12 bits per heavy atom. The summed E-state index contributed by atoms with van der Waals surface area (Å²) in [5.41, 5.74) is 1.68. The number of rotatable bonds is 5. The molecule has 1 saturated carbocycles. The summed E-state index contributed by atoms with van der Waals surface area (Å²) in [4.78, 5) is 18.7. The Bertz CT molecular complexity index is 689. The van der Waals surface area contributed by atoms with Crippen molar-refractivity contribution in [3.63, 3.8) is 0 Å². The molecule has 132 valence electrons. The van der Waals surface area contributed by atoms with Gasteiger partial charge in [-0.15, -0.1) is 0 Å². The third-order valence-electron chi connectivity index (χ3n) is 5.01. The van der Waals surface area contributed by atoms with Crippen molar-refractivity contribution >= 4 is 5.91 Å². The molecule has 2 fully saturated rings. The van der Waals surface area contributed by atoms with Crippen molar-refractivity contribution in [1.29, 1.82) is 0 Å². The molecule has 3 heterocycles. The van der Waals surface area contributed by atoms with E-state index in [1.165, 1.54) is 12.5 Å². The topological polar surface area (TPSA) is 64.8 Å². The molecule has 0 unspecified atom stereocenters. The number of pyridine rings is 1. The highest BCUT2D eigenvalue weighted by molar-refractivity contribution is 5.94. The summed E-state index contributed by atoms with van der Waals surface area (Å²) in [6, 6.07) is 5.77. The molecule has 0 N–H and O–H groups in total. The molecular weight excluding hydrogens is 320 g/mol. The van der Waals surface area contributed by atoms with Crippen LogP contribution in [0.4, 0.5) is 0 Å². The van der Waals surface area contributed by atoms with E-state index < -0.39 is 0 Å². The van der Waals surface area contributed by atoms with Gasteiger partial charge in [0, 0.05) is 18.9 Å². The summed E-state index contributed by atoms with van der Waals surface area (Å²) in [6.45, 7) is 2.47. The predicted octanol–water partition coefficient (Wildman–Crippen LogP) is 2.51. The number of ether oxygens (including phenoxy) is 2. The van der Waals surface area contributed by atoms with Crippen LogP contribution >= 0.6 is 0 Å². The first-order chi connectivity index (χ1) is 12.3. The van der Waals surface area contributed by atoms with Gasteiger partial charge >= 0.3 is 0 Å². The molecule has 25 heavy (non-hydrogen) atoms. The summed E-state index contributed by atoms with van der Waals surface area (Å²) in [5.74, 6) is 0.438. The average Bonchev–Trinajstić information content (AvgIpc) is 3.31. The van der Waals surface area contributed by atoms with Gasteiger partial charge in [0.2, 0.25) is 0 Å². The molecule has 6 nitrogen and oxygen atoms in total. The lowest BCUT2D eigenvalue weighted by molar-refractivity contribution is -0.0450. The lowest BCUT2D eigenvalue weighted by Gasteiger charge is -2.37. The van der Waals surface area contributed by atoms with Crippen molar-refractivity contribution in [2.75, 3.05) is 19.8 Å². The maximum Gasteiger partial charge on any atom is 0.257 e. The molecule has 0 radical (unpaired) electrons. The van der Waals surface area contributed by atoms with Crippen LogP contribution in [-0.4, -0.2) is 47.7 Å². The third kappa shape index (κ3) is 3.60. The predicted molar refractivity (Wildman–Crippen MR) is 89.9 cm³/mol. The summed E-state index contributed by atoms with van der Waals surface area (Å²) in [7, 11) is 0. The second-order valence-corrected chi connectivity index (χ2v) is 6.70. The number of furan rings is 1. The van der Waals surface area contributed by atoms with Crippen LogP contribution in [0.1, 0.15) is 28.8 Å². The van der Waals surface area contributed by atoms with Gasteiger partial charge in [0.05, 0.1) is 43.8 Å². The SMILES string of the molecule is O=C(c1ccoc1)N1CCO[C@@H]2C[C@@H](COCc3cccnc3)C[C@H]21. The molecule has 0 aromatic carbocycles. The Morgan fingerprint density at radius 2 is 2.32 bits per heavy atom. The van der Waals surface area contributed by atoms with Crippen molar-refractivity contribution in [2.45, 2.75) is 31.6 Å². The van der Waals surface area contributed by atoms with E-state index in [1.807, 2.05) is 23.2 Å². The van der Waals surface area contributed by atoms with Crippen molar-refractivity contribution in [3.8, 4) is 0 Å². The minimum Gasteiger partial charge on any atom is -0.472 e. The third-order valence-corrected chi connectivity index (χ3v) is 5.01. The summed E-state index contributed by atoms with van der Waals surface area (Å²) in [6.07, 6.45) is 8.59. The van der Waals surface area contributed by atoms with Gasteiger partial charge in [0.1, 0.15) is 6.26 Å². The number of hydrogen-bond donors (Lipinski definition) is 0. The number of amides is 1. The van der Waals surface area contributed by atoms with E-state index in [1.54, 1.807) is 12.3 Å². The fourth-order valence-corrected chi connectivity index (χ4v) is 3.82. The van der Waals surface area contributed by atoms with Crippen LogP contribution in [-0.2, 0) is 16.1 Å². The maximum atomic E-state index is 12.7. The van der Waals surface area contributed by atoms with Crippen LogP contribution in [0.2, 0.25) is 0 Å². The van der Waals surface area contributed by atoms with E-state index in [-0.39, 0.29) is 18.1 Å². The zero-order valence-electron chi connectivity index (χ0n) is 14.0. The van der Waals surface area contributed by atoms with Gasteiger partial charge in [0.25, 0.3) is 5.91 Å². The number of fused-ring (bicyclic) bond motifs is 1. The zero-order valence-corrected chi connectivity index (χ0v) is 14.0. The van der Waals surface area contributed by atoms with Gasteiger partial charge in [0.15, 0.2) is 0 Å². The molecule has 2 aliphatic rings. The first-order valence-electron chi connectivity index (χ1n) is 8.72. The van der Waals surface area contributed by atoms with Crippen molar-refractivity contribution in [2.24, 2.45) is 5.92 Å². The molecule has 2 aromatic heterocycles. The Hall–Kier alpha value is -2.18. The van der Waals surface area contributed by atoms with Crippen molar-refractivity contribution in [3.05, 3.63) is 54.2 Å². The Balaban J connectivity index is 1.33. The minimum atomic E-state index is 0.0315. The van der Waals surface area contributed by atoms with Gasteiger partial charge in [-0.05, 0) is 36.5 Å². The second-order valence-electron chi connectivity index (χ2n) is 6.70. The van der Waals surface area contributed by atoms with E-state index in [9.17, 15) is 4.79 Å². The van der Waals surface area contributed by atoms with Crippen LogP contribution in [0.5, 0.6) is 0 Å². The molecule has 1 amide bonds. The van der Waals surface area contributed by atoms with Crippen LogP contribution in [0.3, 0.4) is 0 Å². The molecule has 3 atom stereocenters. The minimum absolute atomic E-state index is 0.0315. The highest BCUT2D eigenvalue weighted by Gasteiger charge is 2.43. The highest BCUT2D eigenvalue weighted by atomic mass is 16.5. The van der Waals surface area contributed by atoms with Crippen molar-refractivity contribution in [1.82, 2.24) is 9.88 Å². The van der Waals surface area contributed by atoms with E-state index in [4.69, 9.17) is 13.9 Å². The number of carbonyl (C=O) groups excluding carboxylic acids is 1. The van der Waals surface area contributed by atoms with Gasteiger partial charge in [-0.25, -0.2) is 0 Å². The molecular formula is C19H22N2O4. The maximum absolute atomic E-state index is 12.7. The standard InChI is InChI=1S/C19H22N2O4/c22-19(16-3-6-23-13-16)21-5-7-25-18-9-15(8-17(18)21)12-24-11-14-2-1-4-20-10-14/h1-4,6,10,13,15,17-18H,5,7-9,11-12H2/t15-,17+,18+/m0/s1. The quantitative estimate of drug-likeness (QED) is 0.835. The van der Waals surface area contributed by atoms with Crippen LogP contribution in [0.15, 0.2) is 47.5 Å². The van der Waals surface area contributed by atoms with Gasteiger partial charge in [-0.1, -0.05) is 6.07 Å². The molecule has 0 bridgehead atoms. The lowest BCUT2D eigenvalue weighted by Crippen LogP contribution is -2.51. The largest absolute Gasteiger partial charge is 0.472 e. The summed E-state index contributed by atoms with van der Waals surface area (Å²) in [5, 5.41) is 0.